The summed E-state index contributed by atoms with van der Waals surface area (Å²) in [5.74, 6) is 0.796. The zero-order valence-electron chi connectivity index (χ0n) is 16.1. The van der Waals surface area contributed by atoms with Crippen LogP contribution in [-0.2, 0) is 0 Å². The molecule has 0 saturated carbocycles. The van der Waals surface area contributed by atoms with E-state index in [4.69, 9.17) is 0 Å². The first-order valence-electron chi connectivity index (χ1n) is 9.39. The van der Waals surface area contributed by atoms with Crippen molar-refractivity contribution in [3.05, 3.63) is 0 Å². The Morgan fingerprint density at radius 3 is 2.09 bits per heavy atom. The van der Waals surface area contributed by atoms with Gasteiger partial charge in [0.2, 0.25) is 0 Å². The lowest BCUT2D eigenvalue weighted by Crippen LogP contribution is -2.59. The number of piperidine rings is 1. The average Bonchev–Trinajstić information content (AvgIpc) is 2.41. The maximum Gasteiger partial charge on any atom is 0.0149 e. The Morgan fingerprint density at radius 2 is 1.59 bits per heavy atom. The molecule has 0 radical (unpaired) electrons. The highest BCUT2D eigenvalue weighted by molar-refractivity contribution is 4.92. The van der Waals surface area contributed by atoms with E-state index >= 15 is 0 Å². The summed E-state index contributed by atoms with van der Waals surface area (Å²) in [6, 6.07) is 2.22. The van der Waals surface area contributed by atoms with Crippen LogP contribution >= 0.6 is 0 Å². The van der Waals surface area contributed by atoms with Crippen LogP contribution in [0.2, 0.25) is 0 Å². The highest BCUT2D eigenvalue weighted by Crippen LogP contribution is 2.29. The van der Waals surface area contributed by atoms with Gasteiger partial charge in [0.05, 0.1) is 0 Å². The number of hydrogen-bond acceptors (Lipinski definition) is 3. The maximum absolute atomic E-state index is 2.79. The molecule has 22 heavy (non-hydrogen) atoms. The first kappa shape index (κ1) is 18.2. The quantitative estimate of drug-likeness (QED) is 0.793. The molecule has 2 heterocycles. The van der Waals surface area contributed by atoms with Crippen LogP contribution in [0.4, 0.5) is 0 Å². The zero-order chi connectivity index (χ0) is 16.5. The molecule has 0 aromatic heterocycles. The second-order valence-corrected chi connectivity index (χ2v) is 9.29. The van der Waals surface area contributed by atoms with Crippen molar-refractivity contribution in [2.75, 3.05) is 39.3 Å². The van der Waals surface area contributed by atoms with Gasteiger partial charge in [-0.3, -0.25) is 14.7 Å². The molecule has 2 rings (SSSR count). The summed E-state index contributed by atoms with van der Waals surface area (Å²) in [6.45, 7) is 24.2. The Labute approximate surface area is 139 Å². The molecule has 2 saturated heterocycles. The average molecular weight is 310 g/mol. The SMILES string of the molecule is CC(C)N1CCN(C2C[C@@H](C)N(CC(C)(C)C)C[C@H]2C)CC1. The number of likely N-dealkylation sites (tertiary alicyclic amines) is 1. The molecule has 3 atom stereocenters. The van der Waals surface area contributed by atoms with E-state index in [9.17, 15) is 0 Å². The van der Waals surface area contributed by atoms with Crippen LogP contribution in [0.25, 0.3) is 0 Å². The Balaban J connectivity index is 1.90. The lowest BCUT2D eigenvalue weighted by molar-refractivity contribution is -0.00709. The van der Waals surface area contributed by atoms with Gasteiger partial charge in [-0.15, -0.1) is 0 Å². The van der Waals surface area contributed by atoms with Gasteiger partial charge in [-0.1, -0.05) is 27.7 Å². The molecular weight excluding hydrogens is 270 g/mol. The van der Waals surface area contributed by atoms with Crippen molar-refractivity contribution in [1.82, 2.24) is 14.7 Å². The number of nitrogens with zero attached hydrogens (tertiary/aromatic N) is 3. The fourth-order valence-corrected chi connectivity index (χ4v) is 4.33. The minimum absolute atomic E-state index is 0.406. The van der Waals surface area contributed by atoms with Crippen LogP contribution in [0.1, 0.15) is 54.9 Å². The molecule has 130 valence electrons. The van der Waals surface area contributed by atoms with Crippen LogP contribution < -0.4 is 0 Å². The smallest absolute Gasteiger partial charge is 0.0149 e. The molecule has 0 spiro atoms. The van der Waals surface area contributed by atoms with Crippen molar-refractivity contribution in [2.45, 2.75) is 73.0 Å². The van der Waals surface area contributed by atoms with Crippen molar-refractivity contribution in [1.29, 1.82) is 0 Å². The van der Waals surface area contributed by atoms with Crippen molar-refractivity contribution in [3.63, 3.8) is 0 Å². The molecule has 3 heteroatoms. The Morgan fingerprint density at radius 1 is 1.00 bits per heavy atom. The summed E-state index contributed by atoms with van der Waals surface area (Å²) in [4.78, 5) is 8.14. The maximum atomic E-state index is 2.79. The summed E-state index contributed by atoms with van der Waals surface area (Å²) in [6.07, 6.45) is 1.35. The van der Waals surface area contributed by atoms with E-state index in [0.717, 1.165) is 18.0 Å². The minimum atomic E-state index is 0.406. The second kappa shape index (κ2) is 7.19. The lowest BCUT2D eigenvalue weighted by atomic mass is 9.85. The first-order valence-corrected chi connectivity index (χ1v) is 9.39. The topological polar surface area (TPSA) is 9.72 Å². The molecule has 0 aromatic rings. The van der Waals surface area contributed by atoms with Crippen molar-refractivity contribution >= 4 is 0 Å². The standard InChI is InChI=1S/C19H39N3/c1-15(2)20-8-10-21(11-9-20)18-12-17(4)22(13-16(18)3)14-19(5,6)7/h15-18H,8-14H2,1-7H3/t16-,17-,18?/m1/s1. The number of hydrogen-bond donors (Lipinski definition) is 0. The third-order valence-corrected chi connectivity index (χ3v) is 5.61. The molecule has 2 aliphatic rings. The van der Waals surface area contributed by atoms with Gasteiger partial charge in [0.15, 0.2) is 0 Å². The molecule has 2 aliphatic heterocycles. The minimum Gasteiger partial charge on any atom is -0.300 e. The Bertz CT molecular complexity index is 339. The van der Waals surface area contributed by atoms with Crippen molar-refractivity contribution in [2.24, 2.45) is 11.3 Å². The Kier molecular flexibility index (Phi) is 5.95. The number of piperazine rings is 1. The predicted molar refractivity (Wildman–Crippen MR) is 96.3 cm³/mol. The predicted octanol–water partition coefficient (Wildman–Crippen LogP) is 3.16. The van der Waals surface area contributed by atoms with Gasteiger partial charge in [0.25, 0.3) is 0 Å². The summed E-state index contributed by atoms with van der Waals surface area (Å²) >= 11 is 0. The lowest BCUT2D eigenvalue weighted by Gasteiger charge is -2.49. The zero-order valence-corrected chi connectivity index (χ0v) is 16.1. The molecular formula is C19H39N3. The monoisotopic (exact) mass is 309 g/mol. The van der Waals surface area contributed by atoms with Gasteiger partial charge in [0.1, 0.15) is 0 Å². The highest BCUT2D eigenvalue weighted by atomic mass is 15.3. The van der Waals surface area contributed by atoms with Gasteiger partial charge in [-0.25, -0.2) is 0 Å². The van der Waals surface area contributed by atoms with E-state index in [1.165, 1.54) is 45.7 Å². The van der Waals surface area contributed by atoms with Crippen molar-refractivity contribution < 1.29 is 0 Å². The van der Waals surface area contributed by atoms with Gasteiger partial charge in [-0.05, 0) is 38.5 Å². The fraction of sp³-hybridized carbons (Fsp3) is 1.00. The molecule has 0 aromatic carbocycles. The summed E-state index contributed by atoms with van der Waals surface area (Å²) in [5.41, 5.74) is 0.406. The third kappa shape index (κ3) is 4.69. The van der Waals surface area contributed by atoms with E-state index in [1.54, 1.807) is 0 Å². The molecule has 0 aliphatic carbocycles. The van der Waals surface area contributed by atoms with Gasteiger partial charge in [-0.2, -0.15) is 0 Å². The normalized spacial score (nSPS) is 33.5. The Hall–Kier alpha value is -0.120. The summed E-state index contributed by atoms with van der Waals surface area (Å²) < 4.78 is 0. The molecule has 3 nitrogen and oxygen atoms in total. The second-order valence-electron chi connectivity index (χ2n) is 9.29. The van der Waals surface area contributed by atoms with E-state index in [-0.39, 0.29) is 0 Å². The van der Waals surface area contributed by atoms with E-state index in [1.807, 2.05) is 0 Å². The molecule has 0 bridgehead atoms. The van der Waals surface area contributed by atoms with Gasteiger partial charge in [0, 0.05) is 57.4 Å². The molecule has 1 unspecified atom stereocenters. The van der Waals surface area contributed by atoms with E-state index < -0.39 is 0 Å². The first-order chi connectivity index (χ1) is 10.2. The summed E-state index contributed by atoms with van der Waals surface area (Å²) in [7, 11) is 0. The van der Waals surface area contributed by atoms with E-state index in [0.29, 0.717) is 11.5 Å². The van der Waals surface area contributed by atoms with E-state index in [2.05, 4.69) is 63.2 Å². The van der Waals surface area contributed by atoms with Gasteiger partial charge >= 0.3 is 0 Å². The van der Waals surface area contributed by atoms with Crippen LogP contribution in [0.5, 0.6) is 0 Å². The molecule has 2 fully saturated rings. The largest absolute Gasteiger partial charge is 0.300 e. The van der Waals surface area contributed by atoms with Crippen LogP contribution in [-0.4, -0.2) is 72.1 Å². The molecule has 0 N–H and O–H groups in total. The third-order valence-electron chi connectivity index (χ3n) is 5.61. The van der Waals surface area contributed by atoms with Crippen LogP contribution in [0.15, 0.2) is 0 Å². The fourth-order valence-electron chi connectivity index (χ4n) is 4.33. The van der Waals surface area contributed by atoms with Crippen LogP contribution in [0, 0.1) is 11.3 Å². The molecule has 0 amide bonds. The summed E-state index contributed by atoms with van der Waals surface area (Å²) in [5, 5.41) is 0. The van der Waals surface area contributed by atoms with Crippen LogP contribution in [0.3, 0.4) is 0 Å². The van der Waals surface area contributed by atoms with Crippen molar-refractivity contribution in [3.8, 4) is 0 Å². The number of rotatable bonds is 3. The highest BCUT2D eigenvalue weighted by Gasteiger charge is 2.36. The van der Waals surface area contributed by atoms with Gasteiger partial charge < -0.3 is 0 Å².